The van der Waals surface area contributed by atoms with Gasteiger partial charge in [0.1, 0.15) is 12.2 Å². The van der Waals surface area contributed by atoms with Gasteiger partial charge < -0.3 is 14.9 Å². The number of aliphatic hydroxyl groups is 2. The minimum Gasteiger partial charge on any atom is -0.394 e. The fraction of sp³-hybridized carbons (Fsp3) is 0.800. The van der Waals surface area contributed by atoms with Gasteiger partial charge in [0, 0.05) is 6.42 Å². The van der Waals surface area contributed by atoms with Crippen molar-refractivity contribution in [2.24, 2.45) is 0 Å². The van der Waals surface area contributed by atoms with Crippen LogP contribution in [0.2, 0.25) is 0 Å². The Labute approximate surface area is 47.9 Å². The molecule has 8 heavy (non-hydrogen) atoms. The third-order valence-corrected chi connectivity index (χ3v) is 1.21. The Morgan fingerprint density at radius 1 is 1.75 bits per heavy atom. The van der Waals surface area contributed by atoms with Crippen molar-refractivity contribution in [3.63, 3.8) is 0 Å². The van der Waals surface area contributed by atoms with Gasteiger partial charge in [0.2, 0.25) is 0 Å². The SMILES string of the molecule is OC[C@H]1OCC[C]1O. The van der Waals surface area contributed by atoms with Crippen LogP contribution in [-0.4, -0.2) is 29.5 Å². The number of hydrogen-bond acceptors (Lipinski definition) is 3. The molecule has 2 N–H and O–H groups in total. The zero-order valence-electron chi connectivity index (χ0n) is 4.50. The second kappa shape index (κ2) is 2.44. The van der Waals surface area contributed by atoms with Crippen molar-refractivity contribution in [1.29, 1.82) is 0 Å². The summed E-state index contributed by atoms with van der Waals surface area (Å²) in [6, 6.07) is 0. The fourth-order valence-electron chi connectivity index (χ4n) is 0.721. The predicted molar refractivity (Wildman–Crippen MR) is 26.6 cm³/mol. The van der Waals surface area contributed by atoms with E-state index in [1.165, 1.54) is 0 Å². The van der Waals surface area contributed by atoms with E-state index in [1.54, 1.807) is 0 Å². The van der Waals surface area contributed by atoms with Crippen molar-refractivity contribution in [3.05, 3.63) is 6.10 Å². The molecule has 3 nitrogen and oxygen atoms in total. The summed E-state index contributed by atoms with van der Waals surface area (Å²) in [4.78, 5) is 0. The van der Waals surface area contributed by atoms with E-state index >= 15 is 0 Å². The molecular weight excluding hydrogens is 108 g/mol. The van der Waals surface area contributed by atoms with Gasteiger partial charge in [0.25, 0.3) is 0 Å². The van der Waals surface area contributed by atoms with Crippen molar-refractivity contribution in [2.75, 3.05) is 13.2 Å². The fourth-order valence-corrected chi connectivity index (χ4v) is 0.721. The Kier molecular flexibility index (Phi) is 1.83. The molecule has 0 spiro atoms. The maximum absolute atomic E-state index is 8.82. The first kappa shape index (κ1) is 6.01. The average Bonchev–Trinajstić information content (AvgIpc) is 2.14. The monoisotopic (exact) mass is 117 g/mol. The lowest BCUT2D eigenvalue weighted by Crippen LogP contribution is -2.17. The Hall–Kier alpha value is -0.120. The van der Waals surface area contributed by atoms with Crippen molar-refractivity contribution >= 4 is 0 Å². The lowest BCUT2D eigenvalue weighted by Gasteiger charge is -2.06. The quantitative estimate of drug-likeness (QED) is 0.494. The Balaban J connectivity index is 2.30. The molecule has 0 unspecified atom stereocenters. The molecule has 1 heterocycles. The first-order chi connectivity index (χ1) is 3.84. The van der Waals surface area contributed by atoms with Crippen LogP contribution in [0.25, 0.3) is 0 Å². The van der Waals surface area contributed by atoms with Crippen molar-refractivity contribution in [2.45, 2.75) is 12.5 Å². The van der Waals surface area contributed by atoms with Crippen molar-refractivity contribution < 1.29 is 14.9 Å². The van der Waals surface area contributed by atoms with Crippen LogP contribution >= 0.6 is 0 Å². The Morgan fingerprint density at radius 3 is 2.75 bits per heavy atom. The average molecular weight is 117 g/mol. The molecule has 0 amide bonds. The molecule has 0 aromatic rings. The topological polar surface area (TPSA) is 49.7 Å². The van der Waals surface area contributed by atoms with E-state index in [2.05, 4.69) is 0 Å². The predicted octanol–water partition coefficient (Wildman–Crippen LogP) is -0.328. The summed E-state index contributed by atoms with van der Waals surface area (Å²) in [6.45, 7) is 0.433. The Bertz CT molecular complexity index is 74.1. The molecule has 1 atom stereocenters. The highest BCUT2D eigenvalue weighted by molar-refractivity contribution is 4.90. The summed E-state index contributed by atoms with van der Waals surface area (Å²) < 4.78 is 4.88. The molecule has 1 aliphatic rings. The lowest BCUT2D eigenvalue weighted by molar-refractivity contribution is 0.0402. The van der Waals surface area contributed by atoms with Crippen molar-refractivity contribution in [3.8, 4) is 0 Å². The molecule has 3 heteroatoms. The molecule has 47 valence electrons. The lowest BCUT2D eigenvalue weighted by atomic mass is 10.2. The summed E-state index contributed by atoms with van der Waals surface area (Å²) >= 11 is 0. The molecule has 0 aromatic heterocycles. The minimum atomic E-state index is -0.407. The van der Waals surface area contributed by atoms with Gasteiger partial charge in [0.15, 0.2) is 0 Å². The standard InChI is InChI=1S/C5H9O3/c6-3-5-4(7)1-2-8-5/h5-7H,1-3H2/t5-/m1/s1. The van der Waals surface area contributed by atoms with Gasteiger partial charge in [-0.15, -0.1) is 0 Å². The molecule has 1 rings (SSSR count). The highest BCUT2D eigenvalue weighted by Gasteiger charge is 2.25. The highest BCUT2D eigenvalue weighted by atomic mass is 16.5. The molecule has 1 saturated heterocycles. The van der Waals surface area contributed by atoms with Gasteiger partial charge in [-0.3, -0.25) is 0 Å². The first-order valence-electron chi connectivity index (χ1n) is 2.61. The molecule has 0 aromatic carbocycles. The van der Waals surface area contributed by atoms with Crippen molar-refractivity contribution in [1.82, 2.24) is 0 Å². The van der Waals surface area contributed by atoms with Crippen LogP contribution in [0.15, 0.2) is 0 Å². The van der Waals surface area contributed by atoms with E-state index in [4.69, 9.17) is 14.9 Å². The largest absolute Gasteiger partial charge is 0.394 e. The van der Waals surface area contributed by atoms with Gasteiger partial charge in [-0.05, 0) is 0 Å². The molecule has 1 radical (unpaired) electrons. The maximum Gasteiger partial charge on any atom is 0.126 e. The zero-order valence-corrected chi connectivity index (χ0v) is 4.50. The van der Waals surface area contributed by atoms with E-state index in [-0.39, 0.29) is 12.7 Å². The van der Waals surface area contributed by atoms with Crippen LogP contribution < -0.4 is 0 Å². The van der Waals surface area contributed by atoms with Crippen LogP contribution in [0.5, 0.6) is 0 Å². The van der Waals surface area contributed by atoms with E-state index < -0.39 is 6.10 Å². The summed E-state index contributed by atoms with van der Waals surface area (Å²) in [6.07, 6.45) is 0.438. The van der Waals surface area contributed by atoms with Crippen LogP contribution in [0.4, 0.5) is 0 Å². The number of rotatable bonds is 1. The zero-order chi connectivity index (χ0) is 5.98. The van der Waals surface area contributed by atoms with E-state index in [1.807, 2.05) is 0 Å². The van der Waals surface area contributed by atoms with Gasteiger partial charge in [-0.25, -0.2) is 0 Å². The van der Waals surface area contributed by atoms with E-state index in [9.17, 15) is 0 Å². The first-order valence-corrected chi connectivity index (χ1v) is 2.61. The van der Waals surface area contributed by atoms with Gasteiger partial charge in [-0.2, -0.15) is 0 Å². The van der Waals surface area contributed by atoms with E-state index in [0.717, 1.165) is 0 Å². The number of hydrogen-bond donors (Lipinski definition) is 2. The highest BCUT2D eigenvalue weighted by Crippen LogP contribution is 2.18. The third kappa shape index (κ3) is 0.992. The summed E-state index contributed by atoms with van der Waals surface area (Å²) in [7, 11) is 0. The summed E-state index contributed by atoms with van der Waals surface area (Å²) in [5.41, 5.74) is 0. The van der Waals surface area contributed by atoms with Crippen LogP contribution in [-0.2, 0) is 4.74 Å². The Morgan fingerprint density at radius 2 is 2.50 bits per heavy atom. The molecule has 0 saturated carbocycles. The van der Waals surface area contributed by atoms with E-state index in [0.29, 0.717) is 13.0 Å². The van der Waals surface area contributed by atoms with Crippen LogP contribution in [0.1, 0.15) is 6.42 Å². The molecule has 1 fully saturated rings. The summed E-state index contributed by atoms with van der Waals surface area (Å²) in [5, 5.41) is 17.3. The second-order valence-corrected chi connectivity index (χ2v) is 1.78. The normalized spacial score (nSPS) is 31.5. The molecule has 0 bridgehead atoms. The van der Waals surface area contributed by atoms with Gasteiger partial charge >= 0.3 is 0 Å². The smallest absolute Gasteiger partial charge is 0.126 e. The summed E-state index contributed by atoms with van der Waals surface area (Å²) in [5.74, 6) is 0. The minimum absolute atomic E-state index is 0.105. The molecular formula is C5H9O3. The van der Waals surface area contributed by atoms with Gasteiger partial charge in [-0.1, -0.05) is 0 Å². The third-order valence-electron chi connectivity index (χ3n) is 1.21. The maximum atomic E-state index is 8.82. The second-order valence-electron chi connectivity index (χ2n) is 1.78. The van der Waals surface area contributed by atoms with Crippen LogP contribution in [0, 0.1) is 6.10 Å². The molecule has 1 aliphatic heterocycles. The molecule has 0 aliphatic carbocycles. The number of ether oxygens (including phenoxy) is 1. The number of aliphatic hydroxyl groups excluding tert-OH is 2. The van der Waals surface area contributed by atoms with Gasteiger partial charge in [0.05, 0.1) is 13.2 Å². The van der Waals surface area contributed by atoms with Crippen LogP contribution in [0.3, 0.4) is 0 Å².